The van der Waals surface area contributed by atoms with Crippen LogP contribution >= 0.6 is 0 Å². The van der Waals surface area contributed by atoms with Gasteiger partial charge in [-0.2, -0.15) is 0 Å². The van der Waals surface area contributed by atoms with E-state index in [1.165, 1.54) is 18.2 Å². The van der Waals surface area contributed by atoms with Crippen LogP contribution in [0.3, 0.4) is 0 Å². The van der Waals surface area contributed by atoms with E-state index < -0.39 is 5.54 Å². The SMILES string of the molecule is CNC1(C(=O)OC)CCCC(Oc2cc(C)cc(C)c2)C1. The highest BCUT2D eigenvalue weighted by atomic mass is 16.5. The van der Waals surface area contributed by atoms with E-state index in [2.05, 4.69) is 25.2 Å². The third kappa shape index (κ3) is 3.56. The maximum atomic E-state index is 12.1. The molecule has 1 fully saturated rings. The molecule has 2 atom stereocenters. The summed E-state index contributed by atoms with van der Waals surface area (Å²) in [6.07, 6.45) is 3.39. The molecule has 1 saturated carbocycles. The van der Waals surface area contributed by atoms with E-state index in [1.54, 1.807) is 0 Å². The Morgan fingerprint density at radius 2 is 1.95 bits per heavy atom. The molecule has 1 N–H and O–H groups in total. The van der Waals surface area contributed by atoms with E-state index in [1.807, 2.05) is 19.2 Å². The summed E-state index contributed by atoms with van der Waals surface area (Å²) in [5.41, 5.74) is 1.76. The summed E-state index contributed by atoms with van der Waals surface area (Å²) in [5, 5.41) is 3.15. The van der Waals surface area contributed by atoms with Crippen molar-refractivity contribution in [2.24, 2.45) is 0 Å². The van der Waals surface area contributed by atoms with Gasteiger partial charge in [0.05, 0.1) is 7.11 Å². The molecule has 0 bridgehead atoms. The minimum absolute atomic E-state index is 0.0338. The van der Waals surface area contributed by atoms with E-state index in [0.29, 0.717) is 6.42 Å². The second-order valence-electron chi connectivity index (χ2n) is 5.98. The number of carbonyl (C=O) groups excluding carboxylic acids is 1. The molecule has 2 rings (SSSR count). The van der Waals surface area contributed by atoms with Crippen molar-refractivity contribution in [3.8, 4) is 5.75 Å². The Balaban J connectivity index is 2.12. The number of esters is 1. The molecule has 0 heterocycles. The van der Waals surface area contributed by atoms with Gasteiger partial charge in [-0.05, 0) is 63.4 Å². The molecule has 1 aliphatic rings. The van der Waals surface area contributed by atoms with Crippen molar-refractivity contribution >= 4 is 5.97 Å². The molecule has 0 aliphatic heterocycles. The molecule has 2 unspecified atom stereocenters. The Kier molecular flexibility index (Phi) is 4.88. The van der Waals surface area contributed by atoms with E-state index in [4.69, 9.17) is 9.47 Å². The summed E-state index contributed by atoms with van der Waals surface area (Å²) in [5.74, 6) is 0.688. The number of benzene rings is 1. The number of ether oxygens (including phenoxy) is 2. The maximum Gasteiger partial charge on any atom is 0.326 e. The van der Waals surface area contributed by atoms with Crippen molar-refractivity contribution in [1.82, 2.24) is 5.32 Å². The zero-order valence-electron chi connectivity index (χ0n) is 13.4. The van der Waals surface area contributed by atoms with E-state index in [0.717, 1.165) is 25.0 Å². The number of rotatable bonds is 4. The number of hydrogen-bond acceptors (Lipinski definition) is 4. The third-order valence-corrected chi connectivity index (χ3v) is 4.26. The van der Waals surface area contributed by atoms with Crippen LogP contribution in [0.25, 0.3) is 0 Å². The van der Waals surface area contributed by atoms with Gasteiger partial charge >= 0.3 is 5.97 Å². The molecule has 4 heteroatoms. The molecule has 1 aromatic rings. The third-order valence-electron chi connectivity index (χ3n) is 4.26. The summed E-state index contributed by atoms with van der Waals surface area (Å²) in [6, 6.07) is 6.21. The molecule has 1 aliphatic carbocycles. The summed E-state index contributed by atoms with van der Waals surface area (Å²) in [7, 11) is 3.26. The van der Waals surface area contributed by atoms with Gasteiger partial charge in [-0.3, -0.25) is 4.79 Å². The molecular formula is C17H25NO3. The lowest BCUT2D eigenvalue weighted by Crippen LogP contribution is -2.55. The van der Waals surface area contributed by atoms with Gasteiger partial charge in [0, 0.05) is 6.42 Å². The second-order valence-corrected chi connectivity index (χ2v) is 5.98. The van der Waals surface area contributed by atoms with E-state index in [9.17, 15) is 4.79 Å². The number of carbonyl (C=O) groups is 1. The highest BCUT2D eigenvalue weighted by molar-refractivity contribution is 5.81. The topological polar surface area (TPSA) is 47.6 Å². The smallest absolute Gasteiger partial charge is 0.326 e. The molecular weight excluding hydrogens is 266 g/mol. The van der Waals surface area contributed by atoms with Gasteiger partial charge in [-0.15, -0.1) is 0 Å². The molecule has 0 amide bonds. The van der Waals surface area contributed by atoms with Crippen molar-refractivity contribution in [2.75, 3.05) is 14.2 Å². The van der Waals surface area contributed by atoms with Gasteiger partial charge in [0.15, 0.2) is 0 Å². The van der Waals surface area contributed by atoms with Crippen LogP contribution in [0.5, 0.6) is 5.75 Å². The van der Waals surface area contributed by atoms with Crippen molar-refractivity contribution in [3.63, 3.8) is 0 Å². The first-order valence-corrected chi connectivity index (χ1v) is 7.51. The first-order chi connectivity index (χ1) is 9.99. The summed E-state index contributed by atoms with van der Waals surface area (Å²) in [4.78, 5) is 12.1. The standard InChI is InChI=1S/C17H25NO3/c1-12-8-13(2)10-15(9-12)21-14-6-5-7-17(11-14,18-3)16(19)20-4/h8-10,14,18H,5-7,11H2,1-4H3. The van der Waals surface area contributed by atoms with Gasteiger partial charge < -0.3 is 14.8 Å². The maximum absolute atomic E-state index is 12.1. The largest absolute Gasteiger partial charge is 0.490 e. The molecule has 21 heavy (non-hydrogen) atoms. The fraction of sp³-hybridized carbons (Fsp3) is 0.588. The van der Waals surface area contributed by atoms with Crippen LogP contribution in [0, 0.1) is 13.8 Å². The highest BCUT2D eigenvalue weighted by Gasteiger charge is 2.43. The molecule has 4 nitrogen and oxygen atoms in total. The second kappa shape index (κ2) is 6.48. The van der Waals surface area contributed by atoms with Gasteiger partial charge in [0.1, 0.15) is 17.4 Å². The number of methoxy groups -OCH3 is 1. The summed E-state index contributed by atoms with van der Waals surface area (Å²) in [6.45, 7) is 4.13. The molecule has 0 aromatic heterocycles. The fourth-order valence-electron chi connectivity index (χ4n) is 3.23. The molecule has 116 valence electrons. The number of aryl methyl sites for hydroxylation is 2. The van der Waals surface area contributed by atoms with E-state index >= 15 is 0 Å². The van der Waals surface area contributed by atoms with Crippen molar-refractivity contribution in [3.05, 3.63) is 29.3 Å². The molecule has 0 spiro atoms. The van der Waals surface area contributed by atoms with Gasteiger partial charge in [0.25, 0.3) is 0 Å². The minimum Gasteiger partial charge on any atom is -0.490 e. The number of hydrogen-bond donors (Lipinski definition) is 1. The van der Waals surface area contributed by atoms with Gasteiger partial charge in [0.2, 0.25) is 0 Å². The summed E-state index contributed by atoms with van der Waals surface area (Å²) < 4.78 is 11.1. The lowest BCUT2D eigenvalue weighted by Gasteiger charge is -2.38. The zero-order valence-corrected chi connectivity index (χ0v) is 13.4. The van der Waals surface area contributed by atoms with Gasteiger partial charge in [-0.25, -0.2) is 0 Å². The Morgan fingerprint density at radius 3 is 2.52 bits per heavy atom. The zero-order chi connectivity index (χ0) is 15.5. The first kappa shape index (κ1) is 15.8. The van der Waals surface area contributed by atoms with Crippen LogP contribution < -0.4 is 10.1 Å². The fourth-order valence-corrected chi connectivity index (χ4v) is 3.23. The lowest BCUT2D eigenvalue weighted by molar-refractivity contribution is -0.151. The van der Waals surface area contributed by atoms with Crippen LogP contribution in [0.1, 0.15) is 36.8 Å². The van der Waals surface area contributed by atoms with E-state index in [-0.39, 0.29) is 12.1 Å². The van der Waals surface area contributed by atoms with Crippen molar-refractivity contribution < 1.29 is 14.3 Å². The molecule has 1 aromatic carbocycles. The number of likely N-dealkylation sites (N-methyl/N-ethyl adjacent to an activating group) is 1. The predicted octanol–water partition coefficient (Wildman–Crippen LogP) is 2.76. The predicted molar refractivity (Wildman–Crippen MR) is 82.6 cm³/mol. The number of nitrogens with one attached hydrogen (secondary N) is 1. The Bertz CT molecular complexity index is 495. The van der Waals surface area contributed by atoms with Crippen molar-refractivity contribution in [2.45, 2.75) is 51.2 Å². The van der Waals surface area contributed by atoms with Crippen LogP contribution in [0.15, 0.2) is 18.2 Å². The minimum atomic E-state index is -0.615. The van der Waals surface area contributed by atoms with Crippen LogP contribution in [0.2, 0.25) is 0 Å². The Morgan fingerprint density at radius 1 is 1.29 bits per heavy atom. The molecule has 0 saturated heterocycles. The highest BCUT2D eigenvalue weighted by Crippen LogP contribution is 2.32. The first-order valence-electron chi connectivity index (χ1n) is 7.51. The average molecular weight is 291 g/mol. The van der Waals surface area contributed by atoms with Gasteiger partial charge in [-0.1, -0.05) is 6.07 Å². The normalized spacial score (nSPS) is 25.4. The quantitative estimate of drug-likeness (QED) is 0.867. The monoisotopic (exact) mass is 291 g/mol. The Labute approximate surface area is 126 Å². The van der Waals surface area contributed by atoms with Crippen LogP contribution in [-0.2, 0) is 9.53 Å². The van der Waals surface area contributed by atoms with Crippen LogP contribution in [-0.4, -0.2) is 31.8 Å². The van der Waals surface area contributed by atoms with Crippen molar-refractivity contribution in [1.29, 1.82) is 0 Å². The lowest BCUT2D eigenvalue weighted by atomic mass is 9.80. The Hall–Kier alpha value is -1.55. The average Bonchev–Trinajstić information content (AvgIpc) is 2.45. The summed E-state index contributed by atoms with van der Waals surface area (Å²) >= 11 is 0. The van der Waals surface area contributed by atoms with Crippen LogP contribution in [0.4, 0.5) is 0 Å². The molecule has 0 radical (unpaired) electrons.